The molecule has 0 spiro atoms. The average molecular weight is 262 g/mol. The lowest BCUT2D eigenvalue weighted by Crippen LogP contribution is -2.05. The van der Waals surface area contributed by atoms with E-state index in [1.54, 1.807) is 6.20 Å². The number of carbonyl (C=O) groups excluding carboxylic acids is 1. The van der Waals surface area contributed by atoms with Gasteiger partial charge in [-0.15, -0.1) is 11.3 Å². The molecule has 2 aromatic rings. The topological polar surface area (TPSA) is 65.2 Å². The molecule has 2 N–H and O–H groups in total. The largest absolute Gasteiger partial charge is 0.458 e. The Morgan fingerprint density at radius 1 is 1.33 bits per heavy atom. The van der Waals surface area contributed by atoms with Crippen molar-refractivity contribution in [2.24, 2.45) is 0 Å². The quantitative estimate of drug-likeness (QED) is 0.663. The number of aryl methyl sites for hydroxylation is 1. The normalized spacial score (nSPS) is 10.2. The molecular weight excluding hydrogens is 248 g/mol. The Morgan fingerprint density at radius 2 is 2.11 bits per heavy atom. The number of carbonyl (C=O) groups is 1. The van der Waals surface area contributed by atoms with Crippen molar-refractivity contribution in [3.8, 4) is 0 Å². The van der Waals surface area contributed by atoms with Gasteiger partial charge in [0.05, 0.1) is 0 Å². The molecule has 1 aromatic heterocycles. The second-order valence-corrected chi connectivity index (χ2v) is 4.81. The molecule has 0 saturated carbocycles. The third kappa shape index (κ3) is 3.85. The van der Waals surface area contributed by atoms with Gasteiger partial charge in [-0.2, -0.15) is 0 Å². The van der Waals surface area contributed by atoms with Crippen molar-refractivity contribution < 1.29 is 9.53 Å². The number of rotatable bonds is 5. The summed E-state index contributed by atoms with van der Waals surface area (Å²) in [6, 6.07) is 7.50. The second kappa shape index (κ2) is 6.16. The molecule has 0 saturated heterocycles. The minimum absolute atomic E-state index is 0.206. The first-order valence-corrected chi connectivity index (χ1v) is 6.50. The molecule has 1 heterocycles. The van der Waals surface area contributed by atoms with E-state index in [0.29, 0.717) is 12.8 Å². The number of nitrogens with two attached hydrogens (primary N) is 1. The van der Waals surface area contributed by atoms with E-state index in [2.05, 4.69) is 4.98 Å². The van der Waals surface area contributed by atoms with Gasteiger partial charge in [0, 0.05) is 23.7 Å². The molecule has 0 aliphatic rings. The molecule has 0 aliphatic carbocycles. The van der Waals surface area contributed by atoms with Crippen LogP contribution in [0.3, 0.4) is 0 Å². The summed E-state index contributed by atoms with van der Waals surface area (Å²) in [5, 5.41) is 2.67. The molecule has 0 atom stereocenters. The number of ether oxygens (including phenoxy) is 1. The van der Waals surface area contributed by atoms with Gasteiger partial charge >= 0.3 is 5.97 Å². The first-order chi connectivity index (χ1) is 8.74. The maximum absolute atomic E-state index is 11.5. The van der Waals surface area contributed by atoms with E-state index in [1.807, 2.05) is 29.6 Å². The summed E-state index contributed by atoms with van der Waals surface area (Å²) in [5.74, 6) is -0.206. The predicted octanol–water partition coefficient (Wildman–Crippen LogP) is 2.40. The van der Waals surface area contributed by atoms with E-state index >= 15 is 0 Å². The van der Waals surface area contributed by atoms with Gasteiger partial charge in [0.1, 0.15) is 11.6 Å². The summed E-state index contributed by atoms with van der Waals surface area (Å²) in [4.78, 5) is 15.6. The van der Waals surface area contributed by atoms with Crippen LogP contribution in [0.1, 0.15) is 17.0 Å². The van der Waals surface area contributed by atoms with Gasteiger partial charge in [-0.1, -0.05) is 12.1 Å². The molecule has 5 heteroatoms. The SMILES string of the molecule is Nc1ccc(CCC(=O)OCc2nccs2)cc1. The number of benzene rings is 1. The lowest BCUT2D eigenvalue weighted by atomic mass is 10.1. The highest BCUT2D eigenvalue weighted by Crippen LogP contribution is 2.09. The fraction of sp³-hybridized carbons (Fsp3) is 0.231. The van der Waals surface area contributed by atoms with Crippen molar-refractivity contribution in [1.82, 2.24) is 4.98 Å². The van der Waals surface area contributed by atoms with E-state index in [4.69, 9.17) is 10.5 Å². The van der Waals surface area contributed by atoms with Crippen LogP contribution in [0.15, 0.2) is 35.8 Å². The van der Waals surface area contributed by atoms with Gasteiger partial charge in [-0.25, -0.2) is 4.98 Å². The maximum atomic E-state index is 11.5. The molecule has 94 valence electrons. The van der Waals surface area contributed by atoms with Crippen LogP contribution >= 0.6 is 11.3 Å². The molecule has 0 bridgehead atoms. The molecule has 2 rings (SSSR count). The lowest BCUT2D eigenvalue weighted by Gasteiger charge is -2.03. The molecule has 0 aliphatic heterocycles. The van der Waals surface area contributed by atoms with Crippen LogP contribution in [-0.4, -0.2) is 11.0 Å². The zero-order chi connectivity index (χ0) is 12.8. The zero-order valence-electron chi connectivity index (χ0n) is 9.83. The van der Waals surface area contributed by atoms with Crippen LogP contribution in [0.25, 0.3) is 0 Å². The van der Waals surface area contributed by atoms with Crippen LogP contribution in [0.2, 0.25) is 0 Å². The predicted molar refractivity (Wildman–Crippen MR) is 71.1 cm³/mol. The summed E-state index contributed by atoms with van der Waals surface area (Å²) in [7, 11) is 0. The Labute approximate surface area is 109 Å². The molecule has 0 radical (unpaired) electrons. The fourth-order valence-corrected chi connectivity index (χ4v) is 2.00. The summed E-state index contributed by atoms with van der Waals surface area (Å²) >= 11 is 1.48. The Bertz CT molecular complexity index is 494. The number of hydrogen-bond acceptors (Lipinski definition) is 5. The van der Waals surface area contributed by atoms with Crippen molar-refractivity contribution >= 4 is 23.0 Å². The molecule has 0 amide bonds. The zero-order valence-corrected chi connectivity index (χ0v) is 10.7. The monoisotopic (exact) mass is 262 g/mol. The van der Waals surface area contributed by atoms with Gasteiger partial charge in [-0.05, 0) is 24.1 Å². The molecule has 1 aromatic carbocycles. The molecular formula is C13H14N2O2S. The average Bonchev–Trinajstić information content (AvgIpc) is 2.89. The summed E-state index contributed by atoms with van der Waals surface area (Å²) < 4.78 is 5.12. The first kappa shape index (κ1) is 12.6. The molecule has 0 fully saturated rings. The Balaban J connectivity index is 1.73. The number of thiazole rings is 1. The van der Waals surface area contributed by atoms with E-state index in [-0.39, 0.29) is 12.6 Å². The van der Waals surface area contributed by atoms with Gasteiger partial charge in [-0.3, -0.25) is 4.79 Å². The van der Waals surface area contributed by atoms with Crippen molar-refractivity contribution in [1.29, 1.82) is 0 Å². The number of hydrogen-bond donors (Lipinski definition) is 1. The third-order valence-corrected chi connectivity index (χ3v) is 3.19. The number of anilines is 1. The van der Waals surface area contributed by atoms with Crippen LogP contribution in [0, 0.1) is 0 Å². The van der Waals surface area contributed by atoms with Crippen molar-refractivity contribution in [2.75, 3.05) is 5.73 Å². The van der Waals surface area contributed by atoms with E-state index < -0.39 is 0 Å². The smallest absolute Gasteiger partial charge is 0.306 e. The van der Waals surface area contributed by atoms with Crippen LogP contribution in [-0.2, 0) is 22.6 Å². The number of nitrogens with zero attached hydrogens (tertiary/aromatic N) is 1. The van der Waals surface area contributed by atoms with Crippen LogP contribution in [0.4, 0.5) is 5.69 Å². The summed E-state index contributed by atoms with van der Waals surface area (Å²) in [6.07, 6.45) is 2.73. The van der Waals surface area contributed by atoms with Gasteiger partial charge in [0.15, 0.2) is 0 Å². The standard InChI is InChI=1S/C13H14N2O2S/c14-11-4-1-10(2-5-11)3-6-13(16)17-9-12-15-7-8-18-12/h1-2,4-5,7-8H,3,6,9,14H2. The van der Waals surface area contributed by atoms with Crippen molar-refractivity contribution in [3.05, 3.63) is 46.4 Å². The van der Waals surface area contributed by atoms with Gasteiger partial charge in [0.2, 0.25) is 0 Å². The van der Waals surface area contributed by atoms with Crippen molar-refractivity contribution in [3.63, 3.8) is 0 Å². The molecule has 18 heavy (non-hydrogen) atoms. The Kier molecular flexibility index (Phi) is 4.30. The van der Waals surface area contributed by atoms with Crippen LogP contribution in [0.5, 0.6) is 0 Å². The lowest BCUT2D eigenvalue weighted by molar-refractivity contribution is -0.144. The maximum Gasteiger partial charge on any atom is 0.306 e. The van der Waals surface area contributed by atoms with E-state index in [1.165, 1.54) is 11.3 Å². The van der Waals surface area contributed by atoms with E-state index in [0.717, 1.165) is 16.3 Å². The second-order valence-electron chi connectivity index (χ2n) is 3.83. The Hall–Kier alpha value is -1.88. The van der Waals surface area contributed by atoms with Crippen molar-refractivity contribution in [2.45, 2.75) is 19.4 Å². The minimum Gasteiger partial charge on any atom is -0.458 e. The summed E-state index contributed by atoms with van der Waals surface area (Å²) in [6.45, 7) is 0.262. The Morgan fingerprint density at radius 3 is 2.78 bits per heavy atom. The van der Waals surface area contributed by atoms with Gasteiger partial charge in [0.25, 0.3) is 0 Å². The highest BCUT2D eigenvalue weighted by Gasteiger charge is 2.05. The number of esters is 1. The van der Waals surface area contributed by atoms with Crippen LogP contribution < -0.4 is 5.73 Å². The van der Waals surface area contributed by atoms with Gasteiger partial charge < -0.3 is 10.5 Å². The highest BCUT2D eigenvalue weighted by molar-refractivity contribution is 7.09. The summed E-state index contributed by atoms with van der Waals surface area (Å²) in [5.41, 5.74) is 7.39. The first-order valence-electron chi connectivity index (χ1n) is 5.62. The third-order valence-electron chi connectivity index (χ3n) is 2.44. The number of aromatic nitrogens is 1. The van der Waals surface area contributed by atoms with E-state index in [9.17, 15) is 4.79 Å². The fourth-order valence-electron chi connectivity index (χ4n) is 1.47. The molecule has 0 unspecified atom stereocenters. The molecule has 4 nitrogen and oxygen atoms in total. The number of nitrogen functional groups attached to an aromatic ring is 1. The minimum atomic E-state index is -0.206. The highest BCUT2D eigenvalue weighted by atomic mass is 32.1.